The van der Waals surface area contributed by atoms with Crippen LogP contribution in [0.3, 0.4) is 0 Å². The molecule has 0 fully saturated rings. The third-order valence-electron chi connectivity index (χ3n) is 14.3. The second kappa shape index (κ2) is 13.2. The molecule has 0 aliphatic rings. The summed E-state index contributed by atoms with van der Waals surface area (Å²) in [5.41, 5.74) is 20.3. The lowest BCUT2D eigenvalue weighted by molar-refractivity contribution is 0.669. The summed E-state index contributed by atoms with van der Waals surface area (Å²) < 4.78 is 6.54. The number of benzene rings is 10. The predicted molar refractivity (Wildman–Crippen MR) is 283 cm³/mol. The van der Waals surface area contributed by atoms with Gasteiger partial charge < -0.3 is 4.42 Å². The molecule has 9 heteroatoms. The lowest BCUT2D eigenvalue weighted by Gasteiger charge is -2.28. The van der Waals surface area contributed by atoms with E-state index < -0.39 is 0 Å². The van der Waals surface area contributed by atoms with Crippen LogP contribution in [0.25, 0.3) is 109 Å². The van der Waals surface area contributed by atoms with E-state index in [-0.39, 0.29) is 0 Å². The molecule has 0 aliphatic carbocycles. The molecule has 0 aliphatic heterocycles. The average molecular weight is 741 g/mol. The summed E-state index contributed by atoms with van der Waals surface area (Å²) >= 11 is 0. The van der Waals surface area contributed by atoms with Crippen molar-refractivity contribution in [1.82, 2.24) is 0 Å². The van der Waals surface area contributed by atoms with E-state index in [1.54, 1.807) is 0 Å². The minimum absolute atomic E-state index is 0.920. The van der Waals surface area contributed by atoms with Gasteiger partial charge in [-0.15, -0.1) is 21.9 Å². The molecule has 1 nitrogen and oxygen atoms in total. The summed E-state index contributed by atoms with van der Waals surface area (Å²) in [6, 6.07) is 49.4. The Morgan fingerprint density at radius 3 is 1.39 bits per heavy atom. The van der Waals surface area contributed by atoms with Gasteiger partial charge >= 0.3 is 0 Å². The Labute approximate surface area is 351 Å². The summed E-state index contributed by atoms with van der Waals surface area (Å²) in [6.07, 6.45) is 0. The molecule has 1 aromatic heterocycles. The van der Waals surface area contributed by atoms with Crippen molar-refractivity contribution in [1.29, 1.82) is 0 Å². The Balaban J connectivity index is 1.24. The van der Waals surface area contributed by atoms with E-state index in [0.717, 1.165) is 21.9 Å². The SMILES string of the molecule is Bc1c(B)c(B)c2c(-c3ccc4oc5cc6ccccc6cc5c4c3)c3c(B)c(B)c(B)c(B)c3c(-c3ccc(-c4cccc5ccc6ccccc6c45)cc3)c2c1B. The Morgan fingerprint density at radius 1 is 0.288 bits per heavy atom. The Morgan fingerprint density at radius 2 is 0.763 bits per heavy atom. The summed E-state index contributed by atoms with van der Waals surface area (Å²) in [5.74, 6) is 0. The number of furan rings is 1. The lowest BCUT2D eigenvalue weighted by Crippen LogP contribution is -2.50. The van der Waals surface area contributed by atoms with Crippen LogP contribution in [0, 0.1) is 0 Å². The molecule has 0 radical (unpaired) electrons. The maximum atomic E-state index is 6.54. The fourth-order valence-electron chi connectivity index (χ4n) is 10.4. The number of hydrogen-bond donors (Lipinski definition) is 0. The van der Waals surface area contributed by atoms with Gasteiger partial charge in [0.25, 0.3) is 0 Å². The monoisotopic (exact) mass is 742 g/mol. The second-order valence-corrected chi connectivity index (χ2v) is 17.0. The molecular weight excluding hydrogens is 703 g/mol. The Bertz CT molecular complexity index is 3560. The first-order valence-corrected chi connectivity index (χ1v) is 20.9. The Kier molecular flexibility index (Phi) is 8.02. The molecule has 1 heterocycles. The molecule has 0 saturated heterocycles. The molecule has 0 N–H and O–H groups in total. The molecule has 0 amide bonds. The fraction of sp³-hybridized carbons (Fsp3) is 0. The highest BCUT2D eigenvalue weighted by Crippen LogP contribution is 2.43. The number of rotatable bonds is 3. The third-order valence-corrected chi connectivity index (χ3v) is 14.3. The van der Waals surface area contributed by atoms with Crippen LogP contribution < -0.4 is 43.7 Å². The molecule has 10 aromatic carbocycles. The normalized spacial score (nSPS) is 11.9. The van der Waals surface area contributed by atoms with Gasteiger partial charge in [-0.25, -0.2) is 0 Å². The van der Waals surface area contributed by atoms with Crippen LogP contribution in [0.5, 0.6) is 0 Å². The molecule has 0 spiro atoms. The van der Waals surface area contributed by atoms with Crippen LogP contribution in [-0.2, 0) is 0 Å². The molecule has 0 unspecified atom stereocenters. The largest absolute Gasteiger partial charge is 0.456 e. The average Bonchev–Trinajstić information content (AvgIpc) is 3.63. The first-order chi connectivity index (χ1) is 28.6. The van der Waals surface area contributed by atoms with Crippen molar-refractivity contribution >= 4 is 182 Å². The van der Waals surface area contributed by atoms with Crippen LogP contribution in [0.4, 0.5) is 0 Å². The van der Waals surface area contributed by atoms with Gasteiger partial charge in [0.05, 0.1) is 0 Å². The first-order valence-electron chi connectivity index (χ1n) is 20.9. The van der Waals surface area contributed by atoms with E-state index in [9.17, 15) is 0 Å². The van der Waals surface area contributed by atoms with Crippen molar-refractivity contribution in [3.8, 4) is 33.4 Å². The highest BCUT2D eigenvalue weighted by molar-refractivity contribution is 6.71. The zero-order chi connectivity index (χ0) is 40.4. The minimum atomic E-state index is 0.920. The van der Waals surface area contributed by atoms with Crippen molar-refractivity contribution in [2.24, 2.45) is 0 Å². The molecule has 0 saturated carbocycles. The number of fused-ring (bicyclic) bond motifs is 9. The summed E-state index contributed by atoms with van der Waals surface area (Å²) in [6.45, 7) is 0. The third kappa shape index (κ3) is 5.16. The van der Waals surface area contributed by atoms with Gasteiger partial charge in [0.1, 0.15) is 73.9 Å². The van der Waals surface area contributed by atoms with E-state index in [0.29, 0.717) is 0 Å². The molecule has 11 aromatic rings. The van der Waals surface area contributed by atoms with Gasteiger partial charge in [-0.3, -0.25) is 0 Å². The molecule has 268 valence electrons. The highest BCUT2D eigenvalue weighted by Gasteiger charge is 2.26. The zero-order valence-corrected chi connectivity index (χ0v) is 35.1. The summed E-state index contributed by atoms with van der Waals surface area (Å²) in [7, 11) is 18.6. The van der Waals surface area contributed by atoms with Crippen LogP contribution >= 0.6 is 0 Å². The van der Waals surface area contributed by atoms with Crippen molar-refractivity contribution in [2.75, 3.05) is 0 Å². The zero-order valence-electron chi connectivity index (χ0n) is 35.1. The standard InChI is InChI=1S/C50H38B8O/c51-43-39-37(26-16-13-24(14-17-26)31-11-5-9-25-15-12-23-6-3-4-10-30(23)36(25)31)40-42(46(54)50(58)48(56)44(40)52)38(41(39)45(53)49(57)47(43)55)29-18-19-34-32(21-29)33-20-27-7-1-2-8-28(27)22-35(33)59-34/h1-22H,51-58H2. The van der Waals surface area contributed by atoms with Gasteiger partial charge in [-0.2, -0.15) is 0 Å². The van der Waals surface area contributed by atoms with Gasteiger partial charge in [-0.1, -0.05) is 131 Å². The fourth-order valence-corrected chi connectivity index (χ4v) is 10.4. The van der Waals surface area contributed by atoms with Crippen molar-refractivity contribution in [3.63, 3.8) is 0 Å². The van der Waals surface area contributed by atoms with E-state index in [2.05, 4.69) is 196 Å². The molecule has 59 heavy (non-hydrogen) atoms. The van der Waals surface area contributed by atoms with Crippen LogP contribution in [0.15, 0.2) is 138 Å². The quantitative estimate of drug-likeness (QED) is 0.146. The summed E-state index contributed by atoms with van der Waals surface area (Å²) in [4.78, 5) is 0. The van der Waals surface area contributed by atoms with E-state index in [4.69, 9.17) is 4.42 Å². The highest BCUT2D eigenvalue weighted by atomic mass is 16.3. The van der Waals surface area contributed by atoms with E-state index >= 15 is 0 Å². The maximum absolute atomic E-state index is 6.54. The van der Waals surface area contributed by atoms with Crippen LogP contribution in [0.1, 0.15) is 0 Å². The van der Waals surface area contributed by atoms with Gasteiger partial charge in [0.15, 0.2) is 0 Å². The van der Waals surface area contributed by atoms with Gasteiger partial charge in [0, 0.05) is 10.8 Å². The van der Waals surface area contributed by atoms with Crippen molar-refractivity contribution in [2.45, 2.75) is 0 Å². The van der Waals surface area contributed by atoms with Crippen molar-refractivity contribution < 1.29 is 4.42 Å². The van der Waals surface area contributed by atoms with Gasteiger partial charge in [-0.05, 0) is 112 Å². The summed E-state index contributed by atoms with van der Waals surface area (Å²) in [5, 5.41) is 15.3. The smallest absolute Gasteiger partial charge is 0.139 e. The topological polar surface area (TPSA) is 13.1 Å². The molecule has 0 bridgehead atoms. The number of hydrogen-bond acceptors (Lipinski definition) is 1. The molecular formula is C50H38B8O. The molecule has 11 rings (SSSR count). The lowest BCUT2D eigenvalue weighted by atomic mass is 9.59. The minimum Gasteiger partial charge on any atom is -0.456 e. The second-order valence-electron chi connectivity index (χ2n) is 17.0. The van der Waals surface area contributed by atoms with Crippen molar-refractivity contribution in [3.05, 3.63) is 133 Å². The Hall–Kier alpha value is -6.18. The first kappa shape index (κ1) is 35.9. The maximum Gasteiger partial charge on any atom is 0.139 e. The predicted octanol–water partition coefficient (Wildman–Crippen LogP) is 0.420. The van der Waals surface area contributed by atoms with Gasteiger partial charge in [0.2, 0.25) is 0 Å². The van der Waals surface area contributed by atoms with E-state index in [1.807, 2.05) is 0 Å². The van der Waals surface area contributed by atoms with Crippen LogP contribution in [-0.4, -0.2) is 62.8 Å². The van der Waals surface area contributed by atoms with E-state index in [1.165, 1.54) is 131 Å². The molecule has 0 atom stereocenters. The van der Waals surface area contributed by atoms with Crippen LogP contribution in [0.2, 0.25) is 0 Å².